The molecule has 7 heteroatoms. The molecule has 4 heterocycles. The molecule has 3 N–H and O–H groups in total. The Morgan fingerprint density at radius 1 is 1.53 bits per heavy atom. The van der Waals surface area contributed by atoms with E-state index >= 15 is 0 Å². The molecule has 6 nitrogen and oxygen atoms in total. The van der Waals surface area contributed by atoms with Crippen LogP contribution in [0.2, 0.25) is 0 Å². The monoisotopic (exact) mass is 283 g/mol. The van der Waals surface area contributed by atoms with E-state index in [1.54, 1.807) is 0 Å². The Hall–Kier alpha value is -0.950. The predicted octanol–water partition coefficient (Wildman–Crippen LogP) is 0.191. The lowest BCUT2D eigenvalue weighted by atomic mass is 9.78. The van der Waals surface area contributed by atoms with Crippen LogP contribution in [-0.4, -0.2) is 55.8 Å². The van der Waals surface area contributed by atoms with Crippen molar-refractivity contribution < 1.29 is 14.7 Å². The van der Waals surface area contributed by atoms with Crippen LogP contribution in [-0.2, 0) is 4.79 Å². The molecule has 104 valence electrons. The zero-order valence-electron chi connectivity index (χ0n) is 10.9. The maximum atomic E-state index is 11.5. The number of nitrogens with zero attached hydrogens (tertiary/aromatic N) is 1. The maximum Gasteiger partial charge on any atom is 0.315 e. The topological polar surface area (TPSA) is 81.4 Å². The Balaban J connectivity index is 1.65. The van der Waals surface area contributed by atoms with Crippen molar-refractivity contribution in [2.75, 3.05) is 5.75 Å². The number of carbonyl (C=O) groups is 2. The van der Waals surface area contributed by atoms with Gasteiger partial charge in [0.1, 0.15) is 4.87 Å². The Bertz CT molecular complexity index is 514. The maximum absolute atomic E-state index is 11.5. The number of amides is 2. The highest BCUT2D eigenvalue weighted by molar-refractivity contribution is 8.01. The molecule has 0 radical (unpaired) electrons. The number of fused-ring (bicyclic) bond motifs is 5. The normalized spacial score (nSPS) is 56.9. The minimum Gasteiger partial charge on any atom is -0.481 e. The molecule has 0 aliphatic carbocycles. The van der Waals surface area contributed by atoms with Gasteiger partial charge in [-0.3, -0.25) is 9.69 Å². The molecule has 4 saturated heterocycles. The van der Waals surface area contributed by atoms with Crippen LogP contribution < -0.4 is 10.6 Å². The Kier molecular flexibility index (Phi) is 1.89. The van der Waals surface area contributed by atoms with Crippen LogP contribution in [0.5, 0.6) is 0 Å². The van der Waals surface area contributed by atoms with Gasteiger partial charge in [-0.15, -0.1) is 11.8 Å². The number of carbonyl (C=O) groups excluding carboxylic acids is 1. The van der Waals surface area contributed by atoms with Gasteiger partial charge in [0.15, 0.2) is 0 Å². The molecule has 2 amide bonds. The first-order valence-corrected chi connectivity index (χ1v) is 7.55. The second-order valence-corrected chi connectivity index (χ2v) is 7.81. The van der Waals surface area contributed by atoms with Crippen molar-refractivity contribution in [3.63, 3.8) is 0 Å². The molecule has 4 fully saturated rings. The summed E-state index contributed by atoms with van der Waals surface area (Å²) in [5.74, 6) is 0.151. The van der Waals surface area contributed by atoms with E-state index in [1.807, 2.05) is 18.7 Å². The van der Waals surface area contributed by atoms with Crippen molar-refractivity contribution in [3.8, 4) is 0 Å². The minimum atomic E-state index is -0.750. The minimum absolute atomic E-state index is 0.0422. The standard InChI is InChI=1S/C12H17N3O3S/c1-10(3-7(16)17)5-11(2)12(15(10)11)8-6(4-19-12)13-9(18)14-8/h6,8H,3-5H2,1-2H3,(H,16,17)(H2,13,14,18). The second kappa shape index (κ2) is 3.03. The number of hydrogen-bond donors (Lipinski definition) is 3. The summed E-state index contributed by atoms with van der Waals surface area (Å²) in [6.45, 7) is 4.21. The van der Waals surface area contributed by atoms with Crippen LogP contribution in [0, 0.1) is 0 Å². The lowest BCUT2D eigenvalue weighted by molar-refractivity contribution is -0.141. The van der Waals surface area contributed by atoms with Gasteiger partial charge >= 0.3 is 12.0 Å². The van der Waals surface area contributed by atoms with E-state index in [1.165, 1.54) is 0 Å². The van der Waals surface area contributed by atoms with E-state index in [9.17, 15) is 9.59 Å². The number of carboxylic acids is 1. The van der Waals surface area contributed by atoms with Gasteiger partial charge in [0, 0.05) is 11.3 Å². The third-order valence-corrected chi connectivity index (χ3v) is 7.10. The fourth-order valence-corrected chi connectivity index (χ4v) is 7.05. The first-order valence-electron chi connectivity index (χ1n) is 6.57. The van der Waals surface area contributed by atoms with Crippen LogP contribution in [0.1, 0.15) is 26.7 Å². The zero-order chi connectivity index (χ0) is 13.6. The first-order chi connectivity index (χ1) is 8.83. The van der Waals surface area contributed by atoms with Gasteiger partial charge in [0.05, 0.1) is 24.0 Å². The molecule has 1 spiro atoms. The third-order valence-electron chi connectivity index (χ3n) is 5.25. The van der Waals surface area contributed by atoms with Gasteiger partial charge in [-0.1, -0.05) is 0 Å². The summed E-state index contributed by atoms with van der Waals surface area (Å²) in [7, 11) is 0. The average molecular weight is 283 g/mol. The van der Waals surface area contributed by atoms with E-state index in [0.29, 0.717) is 0 Å². The molecule has 0 aromatic carbocycles. The van der Waals surface area contributed by atoms with Gasteiger partial charge in [0.2, 0.25) is 0 Å². The highest BCUT2D eigenvalue weighted by Gasteiger charge is 2.89. The number of aliphatic carboxylic acids is 1. The van der Waals surface area contributed by atoms with E-state index in [-0.39, 0.29) is 40.5 Å². The lowest BCUT2D eigenvalue weighted by Crippen LogP contribution is -2.52. The molecule has 4 rings (SSSR count). The molecule has 4 aliphatic heterocycles. The second-order valence-electron chi connectivity index (χ2n) is 6.56. The highest BCUT2D eigenvalue weighted by atomic mass is 32.2. The van der Waals surface area contributed by atoms with Crippen LogP contribution in [0.3, 0.4) is 0 Å². The Labute approximate surface area is 115 Å². The van der Waals surface area contributed by atoms with Gasteiger partial charge < -0.3 is 15.7 Å². The van der Waals surface area contributed by atoms with Gasteiger partial charge in [-0.25, -0.2) is 4.79 Å². The molecule has 4 aliphatic rings. The molecule has 6 unspecified atom stereocenters. The van der Waals surface area contributed by atoms with Gasteiger partial charge in [-0.05, 0) is 20.3 Å². The molecule has 0 aromatic rings. The fraction of sp³-hybridized carbons (Fsp3) is 0.833. The van der Waals surface area contributed by atoms with E-state index in [4.69, 9.17) is 5.11 Å². The summed E-state index contributed by atoms with van der Waals surface area (Å²) in [6.07, 6.45) is 1.06. The lowest BCUT2D eigenvalue weighted by Gasteiger charge is -2.43. The average Bonchev–Trinajstić information content (AvgIpc) is 2.57. The molecular formula is C12H17N3O3S. The summed E-state index contributed by atoms with van der Waals surface area (Å²) in [4.78, 5) is 24.8. The summed E-state index contributed by atoms with van der Waals surface area (Å²) in [5.41, 5.74) is -0.226. The van der Waals surface area contributed by atoms with Crippen molar-refractivity contribution in [1.82, 2.24) is 15.5 Å². The van der Waals surface area contributed by atoms with Crippen molar-refractivity contribution in [2.45, 2.75) is 54.7 Å². The van der Waals surface area contributed by atoms with Crippen molar-refractivity contribution >= 4 is 23.8 Å². The van der Waals surface area contributed by atoms with Gasteiger partial charge in [0.25, 0.3) is 0 Å². The smallest absolute Gasteiger partial charge is 0.315 e. The number of rotatable bonds is 2. The zero-order valence-corrected chi connectivity index (χ0v) is 11.7. The first kappa shape index (κ1) is 11.8. The number of urea groups is 1. The molecular weight excluding hydrogens is 266 g/mol. The molecule has 19 heavy (non-hydrogen) atoms. The van der Waals surface area contributed by atoms with Crippen molar-refractivity contribution in [2.24, 2.45) is 0 Å². The molecule has 0 bridgehead atoms. The number of carboxylic acid groups (broad SMARTS) is 1. The summed E-state index contributed by atoms with van der Waals surface area (Å²) >= 11 is 1.87. The summed E-state index contributed by atoms with van der Waals surface area (Å²) in [6, 6.07) is 0.185. The Morgan fingerprint density at radius 3 is 2.95 bits per heavy atom. The highest BCUT2D eigenvalue weighted by Crippen LogP contribution is 2.77. The Morgan fingerprint density at radius 2 is 2.26 bits per heavy atom. The predicted molar refractivity (Wildman–Crippen MR) is 70.0 cm³/mol. The third kappa shape index (κ3) is 1.11. The SMILES string of the molecule is CC1(CC(=O)O)CC2(C)N1C21SCC2NC(=O)NC21. The molecule has 0 saturated carbocycles. The number of nitrogens with one attached hydrogen (secondary N) is 2. The van der Waals surface area contributed by atoms with Crippen molar-refractivity contribution in [1.29, 1.82) is 0 Å². The van der Waals surface area contributed by atoms with E-state index in [2.05, 4.69) is 22.5 Å². The molecule has 6 atom stereocenters. The fourth-order valence-electron chi connectivity index (χ4n) is 4.96. The van der Waals surface area contributed by atoms with Crippen LogP contribution >= 0.6 is 11.8 Å². The number of hydrogen-bond acceptors (Lipinski definition) is 4. The quantitative estimate of drug-likeness (QED) is 0.498. The van der Waals surface area contributed by atoms with E-state index in [0.717, 1.165) is 12.2 Å². The van der Waals surface area contributed by atoms with E-state index < -0.39 is 5.97 Å². The number of thioether (sulfide) groups is 1. The largest absolute Gasteiger partial charge is 0.481 e. The summed E-state index contributed by atoms with van der Waals surface area (Å²) < 4.78 is 0. The van der Waals surface area contributed by atoms with Crippen LogP contribution in [0.15, 0.2) is 0 Å². The van der Waals surface area contributed by atoms with Gasteiger partial charge in [-0.2, -0.15) is 0 Å². The molecule has 0 aromatic heterocycles. The summed E-state index contributed by atoms with van der Waals surface area (Å²) in [5, 5.41) is 15.1. The van der Waals surface area contributed by atoms with Crippen LogP contribution in [0.25, 0.3) is 0 Å². The van der Waals surface area contributed by atoms with Crippen molar-refractivity contribution in [3.05, 3.63) is 0 Å². The van der Waals surface area contributed by atoms with Crippen LogP contribution in [0.4, 0.5) is 4.79 Å².